The van der Waals surface area contributed by atoms with Gasteiger partial charge in [-0.3, -0.25) is 14.4 Å². The van der Waals surface area contributed by atoms with Crippen molar-refractivity contribution >= 4 is 23.7 Å². The van der Waals surface area contributed by atoms with E-state index >= 15 is 0 Å². The first-order valence-electron chi connectivity index (χ1n) is 11.8. The standard InChI is InChI=1S/C26H41N3O5/c1-18(17-27-24(33)34-26(5,6)7)15-21(30)20(16-23(32)29-25(2,3)4)28-22(31)14-13-19-11-9-8-10-12-19/h8-12,18,20H,13-17H2,1-7H3,(H,27,33)(H,28,31)(H,29,32)/t18?,20-/m0/s1. The van der Waals surface area contributed by atoms with Gasteiger partial charge in [-0.2, -0.15) is 0 Å². The number of hydrogen-bond acceptors (Lipinski definition) is 5. The fourth-order valence-corrected chi connectivity index (χ4v) is 3.20. The zero-order valence-corrected chi connectivity index (χ0v) is 21.6. The Morgan fingerprint density at radius 1 is 0.912 bits per heavy atom. The molecule has 3 amide bonds. The molecule has 0 aromatic heterocycles. The molecule has 0 spiro atoms. The van der Waals surface area contributed by atoms with Gasteiger partial charge in [-0.05, 0) is 59.4 Å². The zero-order chi connectivity index (χ0) is 25.9. The summed E-state index contributed by atoms with van der Waals surface area (Å²) in [6.45, 7) is 12.9. The van der Waals surface area contributed by atoms with Crippen molar-refractivity contribution in [3.8, 4) is 0 Å². The summed E-state index contributed by atoms with van der Waals surface area (Å²) in [5.74, 6) is -1.05. The van der Waals surface area contributed by atoms with Gasteiger partial charge in [0, 0.05) is 24.9 Å². The van der Waals surface area contributed by atoms with E-state index in [9.17, 15) is 19.2 Å². The molecule has 34 heavy (non-hydrogen) atoms. The minimum Gasteiger partial charge on any atom is -0.444 e. The summed E-state index contributed by atoms with van der Waals surface area (Å²) in [4.78, 5) is 49.9. The van der Waals surface area contributed by atoms with Crippen molar-refractivity contribution in [1.82, 2.24) is 16.0 Å². The van der Waals surface area contributed by atoms with Crippen LogP contribution < -0.4 is 16.0 Å². The summed E-state index contributed by atoms with van der Waals surface area (Å²) >= 11 is 0. The highest BCUT2D eigenvalue weighted by molar-refractivity contribution is 5.93. The largest absolute Gasteiger partial charge is 0.444 e. The van der Waals surface area contributed by atoms with Gasteiger partial charge in [-0.15, -0.1) is 0 Å². The van der Waals surface area contributed by atoms with Crippen molar-refractivity contribution in [3.63, 3.8) is 0 Å². The minimum atomic E-state index is -0.936. The lowest BCUT2D eigenvalue weighted by Crippen LogP contribution is -2.48. The molecule has 0 bridgehead atoms. The lowest BCUT2D eigenvalue weighted by molar-refractivity contribution is -0.131. The Morgan fingerprint density at radius 2 is 1.53 bits per heavy atom. The van der Waals surface area contributed by atoms with Crippen LogP contribution in [0.5, 0.6) is 0 Å². The average Bonchev–Trinajstić information content (AvgIpc) is 2.68. The van der Waals surface area contributed by atoms with Crippen LogP contribution in [0, 0.1) is 5.92 Å². The molecule has 0 saturated heterocycles. The summed E-state index contributed by atoms with van der Waals surface area (Å²) in [6.07, 6.45) is 0.159. The van der Waals surface area contributed by atoms with Crippen molar-refractivity contribution in [2.24, 2.45) is 5.92 Å². The van der Waals surface area contributed by atoms with E-state index in [1.165, 1.54) is 0 Å². The summed E-state index contributed by atoms with van der Waals surface area (Å²) < 4.78 is 5.21. The highest BCUT2D eigenvalue weighted by Gasteiger charge is 2.27. The van der Waals surface area contributed by atoms with Crippen LogP contribution in [-0.2, 0) is 25.5 Å². The Labute approximate surface area is 203 Å². The third-order valence-electron chi connectivity index (χ3n) is 4.65. The van der Waals surface area contributed by atoms with Gasteiger partial charge in [0.25, 0.3) is 0 Å². The Morgan fingerprint density at radius 3 is 2.09 bits per heavy atom. The number of Topliss-reactive ketones (excluding diaryl/α,β-unsaturated/α-hetero) is 1. The van der Waals surface area contributed by atoms with Crippen molar-refractivity contribution in [3.05, 3.63) is 35.9 Å². The second kappa shape index (κ2) is 13.1. The van der Waals surface area contributed by atoms with Crippen LogP contribution in [0.2, 0.25) is 0 Å². The highest BCUT2D eigenvalue weighted by Crippen LogP contribution is 2.11. The molecule has 8 heteroatoms. The number of benzene rings is 1. The SMILES string of the molecule is CC(CNC(=O)OC(C)(C)C)CC(=O)[C@H](CC(=O)NC(C)(C)C)NC(=O)CCc1ccccc1. The van der Waals surface area contributed by atoms with Crippen LogP contribution in [0.1, 0.15) is 73.3 Å². The first-order valence-corrected chi connectivity index (χ1v) is 11.8. The number of ketones is 1. The molecule has 0 aliphatic carbocycles. The first kappa shape index (κ1) is 29.1. The van der Waals surface area contributed by atoms with Crippen molar-refractivity contribution in [2.75, 3.05) is 6.54 Å². The van der Waals surface area contributed by atoms with E-state index < -0.39 is 23.3 Å². The summed E-state index contributed by atoms with van der Waals surface area (Å²) in [5, 5.41) is 8.23. The predicted molar refractivity (Wildman–Crippen MR) is 132 cm³/mol. The molecule has 3 N–H and O–H groups in total. The number of carbonyl (C=O) groups excluding carboxylic acids is 4. The van der Waals surface area contributed by atoms with Gasteiger partial charge in [0.1, 0.15) is 5.60 Å². The molecule has 8 nitrogen and oxygen atoms in total. The van der Waals surface area contributed by atoms with Crippen LogP contribution in [-0.4, -0.2) is 47.4 Å². The molecule has 0 saturated carbocycles. The van der Waals surface area contributed by atoms with Crippen LogP contribution in [0.25, 0.3) is 0 Å². The van der Waals surface area contributed by atoms with Crippen LogP contribution >= 0.6 is 0 Å². The van der Waals surface area contributed by atoms with Gasteiger partial charge in [-0.25, -0.2) is 4.79 Å². The number of nitrogens with one attached hydrogen (secondary N) is 3. The smallest absolute Gasteiger partial charge is 0.407 e. The van der Waals surface area contributed by atoms with Gasteiger partial charge in [0.05, 0.1) is 12.5 Å². The molecule has 1 aromatic carbocycles. The molecular weight excluding hydrogens is 434 g/mol. The fourth-order valence-electron chi connectivity index (χ4n) is 3.20. The van der Waals surface area contributed by atoms with E-state index in [0.29, 0.717) is 6.42 Å². The molecule has 0 heterocycles. The van der Waals surface area contributed by atoms with Crippen LogP contribution in [0.3, 0.4) is 0 Å². The molecule has 1 aromatic rings. The van der Waals surface area contributed by atoms with Gasteiger partial charge >= 0.3 is 6.09 Å². The quantitative estimate of drug-likeness (QED) is 0.453. The molecular formula is C26H41N3O5. The Kier molecular flexibility index (Phi) is 11.2. The maximum Gasteiger partial charge on any atom is 0.407 e. The van der Waals surface area contributed by atoms with Gasteiger partial charge < -0.3 is 20.7 Å². The molecule has 0 aliphatic heterocycles. The Balaban J connectivity index is 2.71. The summed E-state index contributed by atoms with van der Waals surface area (Å²) in [5.41, 5.74) is -0.0430. The van der Waals surface area contributed by atoms with E-state index in [2.05, 4.69) is 16.0 Å². The normalized spacial score (nSPS) is 13.4. The van der Waals surface area contributed by atoms with E-state index in [1.54, 1.807) is 20.8 Å². The van der Waals surface area contributed by atoms with Gasteiger partial charge in [0.15, 0.2) is 5.78 Å². The minimum absolute atomic E-state index is 0.0994. The number of aryl methyl sites for hydroxylation is 1. The number of rotatable bonds is 11. The molecule has 0 radical (unpaired) electrons. The lowest BCUT2D eigenvalue weighted by Gasteiger charge is -2.24. The molecule has 190 valence electrons. The Bertz CT molecular complexity index is 825. The van der Waals surface area contributed by atoms with E-state index in [1.807, 2.05) is 58.0 Å². The monoisotopic (exact) mass is 475 g/mol. The second-order valence-electron chi connectivity index (χ2n) is 10.8. The van der Waals surface area contributed by atoms with Crippen molar-refractivity contribution in [1.29, 1.82) is 0 Å². The number of alkyl carbamates (subject to hydrolysis) is 1. The van der Waals surface area contributed by atoms with Gasteiger partial charge in [0.2, 0.25) is 11.8 Å². The van der Waals surface area contributed by atoms with E-state index in [4.69, 9.17) is 4.74 Å². The van der Waals surface area contributed by atoms with Crippen molar-refractivity contribution < 1.29 is 23.9 Å². The maximum absolute atomic E-state index is 13.0. The van der Waals surface area contributed by atoms with Crippen LogP contribution in [0.4, 0.5) is 4.79 Å². The zero-order valence-electron chi connectivity index (χ0n) is 21.6. The lowest BCUT2D eigenvalue weighted by atomic mass is 9.97. The average molecular weight is 476 g/mol. The molecule has 1 unspecified atom stereocenters. The fraction of sp³-hybridized carbons (Fsp3) is 0.615. The Hall–Kier alpha value is -2.90. The first-order chi connectivity index (χ1) is 15.6. The van der Waals surface area contributed by atoms with Crippen LogP contribution in [0.15, 0.2) is 30.3 Å². The number of ether oxygens (including phenoxy) is 1. The molecule has 2 atom stereocenters. The number of hydrogen-bond donors (Lipinski definition) is 3. The summed E-state index contributed by atoms with van der Waals surface area (Å²) in [6, 6.07) is 8.66. The van der Waals surface area contributed by atoms with E-state index in [-0.39, 0.29) is 49.3 Å². The topological polar surface area (TPSA) is 114 Å². The third kappa shape index (κ3) is 13.6. The summed E-state index contributed by atoms with van der Waals surface area (Å²) in [7, 11) is 0. The van der Waals surface area contributed by atoms with E-state index in [0.717, 1.165) is 5.56 Å². The molecule has 0 aliphatic rings. The predicted octanol–water partition coefficient (Wildman–Crippen LogP) is 3.53. The van der Waals surface area contributed by atoms with Gasteiger partial charge in [-0.1, -0.05) is 37.3 Å². The molecule has 1 rings (SSSR count). The maximum atomic E-state index is 13.0. The third-order valence-corrected chi connectivity index (χ3v) is 4.65. The second-order valence-corrected chi connectivity index (χ2v) is 10.8. The number of carbonyl (C=O) groups is 4. The van der Waals surface area contributed by atoms with Crippen molar-refractivity contribution in [2.45, 2.75) is 91.3 Å². The molecule has 0 fully saturated rings. The number of amides is 3. The highest BCUT2D eigenvalue weighted by atomic mass is 16.6.